The molecular formula is C14H14O3S2. The summed E-state index contributed by atoms with van der Waals surface area (Å²) in [7, 11) is 0. The van der Waals surface area contributed by atoms with E-state index in [1.807, 2.05) is 31.2 Å². The van der Waals surface area contributed by atoms with Crippen LogP contribution in [0.1, 0.15) is 25.7 Å². The van der Waals surface area contributed by atoms with Crippen molar-refractivity contribution >= 4 is 29.1 Å². The van der Waals surface area contributed by atoms with Crippen LogP contribution in [-0.2, 0) is 12.4 Å². The summed E-state index contributed by atoms with van der Waals surface area (Å²) in [4.78, 5) is 13.4. The Bertz CT molecular complexity index is 573. The van der Waals surface area contributed by atoms with Crippen molar-refractivity contribution < 1.29 is 15.0 Å². The van der Waals surface area contributed by atoms with Crippen molar-refractivity contribution in [2.24, 2.45) is 0 Å². The van der Waals surface area contributed by atoms with Gasteiger partial charge in [-0.15, -0.1) is 23.1 Å². The van der Waals surface area contributed by atoms with E-state index in [4.69, 9.17) is 10.2 Å². The van der Waals surface area contributed by atoms with Crippen molar-refractivity contribution in [2.75, 3.05) is 0 Å². The Balaban J connectivity index is 2.03. The summed E-state index contributed by atoms with van der Waals surface area (Å²) < 4.78 is 0. The number of hydrogen-bond donors (Lipinski definition) is 2. The van der Waals surface area contributed by atoms with Crippen molar-refractivity contribution in [1.29, 1.82) is 0 Å². The minimum absolute atomic E-state index is 0.0521. The number of carboxylic acids is 1. The zero-order chi connectivity index (χ0) is 13.8. The fourth-order valence-corrected chi connectivity index (χ4v) is 3.54. The maximum absolute atomic E-state index is 10.9. The van der Waals surface area contributed by atoms with Gasteiger partial charge < -0.3 is 10.2 Å². The second-order valence-corrected chi connectivity index (χ2v) is 6.39. The molecule has 0 saturated carbocycles. The van der Waals surface area contributed by atoms with Gasteiger partial charge in [0.2, 0.25) is 0 Å². The van der Waals surface area contributed by atoms with Gasteiger partial charge in [-0.3, -0.25) is 0 Å². The Labute approximate surface area is 119 Å². The van der Waals surface area contributed by atoms with E-state index in [0.717, 1.165) is 26.7 Å². The first-order valence-corrected chi connectivity index (χ1v) is 7.55. The highest BCUT2D eigenvalue weighted by Crippen LogP contribution is 2.29. The molecule has 0 bridgehead atoms. The van der Waals surface area contributed by atoms with Crippen LogP contribution in [0.25, 0.3) is 0 Å². The molecule has 0 aliphatic rings. The second kappa shape index (κ2) is 6.23. The second-order valence-electron chi connectivity index (χ2n) is 4.09. The fraction of sp³-hybridized carbons (Fsp3) is 0.214. The number of benzene rings is 1. The number of carboxylic acid groups (broad SMARTS) is 1. The van der Waals surface area contributed by atoms with E-state index >= 15 is 0 Å². The molecule has 0 radical (unpaired) electrons. The molecule has 2 aromatic rings. The predicted octanol–water partition coefficient (Wildman–Crippen LogP) is 3.54. The molecule has 19 heavy (non-hydrogen) atoms. The lowest BCUT2D eigenvalue weighted by Gasteiger charge is -2.02. The number of carbonyl (C=O) groups is 1. The van der Waals surface area contributed by atoms with Crippen molar-refractivity contribution in [2.45, 2.75) is 24.2 Å². The van der Waals surface area contributed by atoms with Gasteiger partial charge in [-0.2, -0.15) is 0 Å². The fourth-order valence-electron chi connectivity index (χ4n) is 1.62. The number of aromatic carboxylic acids is 1. The van der Waals surface area contributed by atoms with Gasteiger partial charge in [0.15, 0.2) is 0 Å². The van der Waals surface area contributed by atoms with Crippen LogP contribution in [-0.4, -0.2) is 16.2 Å². The van der Waals surface area contributed by atoms with Gasteiger partial charge in [0.05, 0.1) is 6.61 Å². The summed E-state index contributed by atoms with van der Waals surface area (Å²) in [6.45, 7) is 2.00. The van der Waals surface area contributed by atoms with Gasteiger partial charge in [-0.1, -0.05) is 12.1 Å². The standard InChI is InChI=1S/C14H14O3S2/c1-9-11(6-13(19-9)14(16)17)8-18-12-4-2-10(7-15)3-5-12/h2-6,15H,7-8H2,1H3,(H,16,17). The molecule has 100 valence electrons. The van der Waals surface area contributed by atoms with Crippen molar-refractivity contribution in [3.05, 3.63) is 51.2 Å². The summed E-state index contributed by atoms with van der Waals surface area (Å²) in [5, 5.41) is 17.9. The Kier molecular flexibility index (Phi) is 4.63. The van der Waals surface area contributed by atoms with Gasteiger partial charge in [0.1, 0.15) is 4.88 Å². The van der Waals surface area contributed by atoms with Crippen molar-refractivity contribution in [1.82, 2.24) is 0 Å². The van der Waals surface area contributed by atoms with E-state index in [-0.39, 0.29) is 6.61 Å². The highest BCUT2D eigenvalue weighted by atomic mass is 32.2. The zero-order valence-electron chi connectivity index (χ0n) is 10.4. The molecule has 1 aromatic heterocycles. The molecule has 1 heterocycles. The van der Waals surface area contributed by atoms with Crippen LogP contribution >= 0.6 is 23.1 Å². The maximum atomic E-state index is 10.9. The zero-order valence-corrected chi connectivity index (χ0v) is 12.1. The van der Waals surface area contributed by atoms with E-state index in [1.54, 1.807) is 17.8 Å². The van der Waals surface area contributed by atoms with E-state index < -0.39 is 5.97 Å². The minimum atomic E-state index is -0.864. The third-order valence-electron chi connectivity index (χ3n) is 2.73. The Hall–Kier alpha value is -1.30. The predicted molar refractivity (Wildman–Crippen MR) is 77.9 cm³/mol. The van der Waals surface area contributed by atoms with Gasteiger partial charge in [0, 0.05) is 15.5 Å². The van der Waals surface area contributed by atoms with Crippen molar-refractivity contribution in [3.8, 4) is 0 Å². The third-order valence-corrected chi connectivity index (χ3v) is 4.87. The quantitative estimate of drug-likeness (QED) is 0.828. The molecule has 0 fully saturated rings. The summed E-state index contributed by atoms with van der Waals surface area (Å²) in [6, 6.07) is 9.47. The largest absolute Gasteiger partial charge is 0.477 e. The topological polar surface area (TPSA) is 57.5 Å². The molecular weight excluding hydrogens is 280 g/mol. The van der Waals surface area contributed by atoms with Gasteiger partial charge in [-0.05, 0) is 36.2 Å². The first kappa shape index (κ1) is 14.1. The molecule has 0 atom stereocenters. The lowest BCUT2D eigenvalue weighted by molar-refractivity contribution is 0.0702. The number of rotatable bonds is 5. The first-order valence-electron chi connectivity index (χ1n) is 5.75. The number of aliphatic hydroxyl groups is 1. The van der Waals surface area contributed by atoms with Crippen LogP contribution in [0.4, 0.5) is 0 Å². The molecule has 3 nitrogen and oxygen atoms in total. The maximum Gasteiger partial charge on any atom is 0.345 e. The molecule has 0 amide bonds. The monoisotopic (exact) mass is 294 g/mol. The van der Waals surface area contributed by atoms with Gasteiger partial charge in [-0.25, -0.2) is 4.79 Å². The molecule has 0 unspecified atom stereocenters. The van der Waals surface area contributed by atoms with Crippen LogP contribution in [0.3, 0.4) is 0 Å². The molecule has 2 N–H and O–H groups in total. The number of hydrogen-bond acceptors (Lipinski definition) is 4. The summed E-state index contributed by atoms with van der Waals surface area (Å²) in [5.41, 5.74) is 1.96. The van der Waals surface area contributed by atoms with Crippen molar-refractivity contribution in [3.63, 3.8) is 0 Å². The normalized spacial score (nSPS) is 10.6. The van der Waals surface area contributed by atoms with Gasteiger partial charge in [0.25, 0.3) is 0 Å². The lowest BCUT2D eigenvalue weighted by Crippen LogP contribution is -1.90. The molecule has 0 aliphatic carbocycles. The van der Waals surface area contributed by atoms with Crippen LogP contribution < -0.4 is 0 Å². The van der Waals surface area contributed by atoms with E-state index in [9.17, 15) is 4.79 Å². The molecule has 0 spiro atoms. The highest BCUT2D eigenvalue weighted by Gasteiger charge is 2.11. The third kappa shape index (κ3) is 3.59. The number of aliphatic hydroxyl groups excluding tert-OH is 1. The highest BCUT2D eigenvalue weighted by molar-refractivity contribution is 7.98. The SMILES string of the molecule is Cc1sc(C(=O)O)cc1CSc1ccc(CO)cc1. The first-order chi connectivity index (χ1) is 9.10. The number of aryl methyl sites for hydroxylation is 1. The van der Waals surface area contributed by atoms with E-state index in [0.29, 0.717) is 4.88 Å². The molecule has 2 rings (SSSR count). The Morgan fingerprint density at radius 3 is 2.53 bits per heavy atom. The number of thioether (sulfide) groups is 1. The lowest BCUT2D eigenvalue weighted by atomic mass is 10.2. The van der Waals surface area contributed by atoms with Crippen LogP contribution in [0, 0.1) is 6.92 Å². The van der Waals surface area contributed by atoms with Crippen LogP contribution in [0.15, 0.2) is 35.2 Å². The Morgan fingerprint density at radius 1 is 1.32 bits per heavy atom. The smallest absolute Gasteiger partial charge is 0.345 e. The average Bonchev–Trinajstić information content (AvgIpc) is 2.79. The molecule has 0 saturated heterocycles. The summed E-state index contributed by atoms with van der Waals surface area (Å²) >= 11 is 2.98. The van der Waals surface area contributed by atoms with Crippen LogP contribution in [0.2, 0.25) is 0 Å². The molecule has 1 aromatic carbocycles. The van der Waals surface area contributed by atoms with E-state index in [2.05, 4.69) is 0 Å². The van der Waals surface area contributed by atoms with E-state index in [1.165, 1.54) is 11.3 Å². The summed E-state index contributed by atoms with van der Waals surface area (Å²) in [6.07, 6.45) is 0. The van der Waals surface area contributed by atoms with Crippen LogP contribution in [0.5, 0.6) is 0 Å². The molecule has 0 aliphatic heterocycles. The number of thiophene rings is 1. The summed E-state index contributed by atoms with van der Waals surface area (Å²) in [5.74, 6) is -0.106. The molecule has 5 heteroatoms. The minimum Gasteiger partial charge on any atom is -0.477 e. The average molecular weight is 294 g/mol. The van der Waals surface area contributed by atoms with Gasteiger partial charge >= 0.3 is 5.97 Å². The Morgan fingerprint density at radius 2 is 2.00 bits per heavy atom.